The molecule has 0 unspecified atom stereocenters. The van der Waals surface area contributed by atoms with Crippen molar-refractivity contribution < 1.29 is 58.6 Å². The number of rotatable bonds is 9. The van der Waals surface area contributed by atoms with Crippen molar-refractivity contribution >= 4 is 29.6 Å². The Kier molecular flexibility index (Phi) is 11.0. The van der Waals surface area contributed by atoms with Gasteiger partial charge in [0.1, 0.15) is 29.5 Å². The Morgan fingerprint density at radius 2 is 1.42 bits per heavy atom. The van der Waals surface area contributed by atoms with Crippen LogP contribution in [-0.4, -0.2) is 91.7 Å². The van der Waals surface area contributed by atoms with Crippen LogP contribution in [0.1, 0.15) is 92.6 Å². The molecule has 0 heterocycles. The first kappa shape index (κ1) is 41.9. The van der Waals surface area contributed by atoms with E-state index in [4.69, 9.17) is 14.2 Å². The number of ketones is 1. The van der Waals surface area contributed by atoms with E-state index < -0.39 is 106 Å². The summed E-state index contributed by atoms with van der Waals surface area (Å²) in [6, 6.07) is 23.3. The van der Waals surface area contributed by atoms with Gasteiger partial charge in [-0.2, -0.15) is 0 Å². The normalized spacial score (nSPS) is 33.0. The van der Waals surface area contributed by atoms with Gasteiger partial charge in [-0.05, 0) is 74.1 Å². The molecule has 3 saturated carbocycles. The van der Waals surface area contributed by atoms with Crippen LogP contribution in [0.2, 0.25) is 0 Å². The molecular formula is C46H51NO12. The fraction of sp³-hybridized carbons (Fsp3) is 0.457. The van der Waals surface area contributed by atoms with Crippen LogP contribution >= 0.6 is 0 Å². The van der Waals surface area contributed by atoms with Crippen LogP contribution in [0, 0.1) is 22.7 Å². The number of aliphatic hydroxyl groups excluding tert-OH is 3. The molecule has 2 bridgehead atoms. The first-order valence-electron chi connectivity index (χ1n) is 20.0. The summed E-state index contributed by atoms with van der Waals surface area (Å²) in [5.74, 6) is -6.05. The van der Waals surface area contributed by atoms with Crippen molar-refractivity contribution in [1.82, 2.24) is 5.32 Å². The van der Waals surface area contributed by atoms with Gasteiger partial charge in [0, 0.05) is 30.2 Å². The third-order valence-electron chi connectivity index (χ3n) is 13.8. The van der Waals surface area contributed by atoms with Crippen molar-refractivity contribution in [3.8, 4) is 0 Å². The first-order chi connectivity index (χ1) is 27.9. The quantitative estimate of drug-likeness (QED) is 0.117. The van der Waals surface area contributed by atoms with Gasteiger partial charge in [0.2, 0.25) is 0 Å². The minimum Gasteiger partial charge on any atom is -0.458 e. The molecule has 11 atom stereocenters. The highest BCUT2D eigenvalue weighted by molar-refractivity contribution is 5.95. The number of ether oxygens (including phenoxy) is 3. The number of hydrogen-bond donors (Lipinski definition) is 5. The van der Waals surface area contributed by atoms with Gasteiger partial charge in [0.15, 0.2) is 11.9 Å². The Morgan fingerprint density at radius 1 is 0.847 bits per heavy atom. The van der Waals surface area contributed by atoms with E-state index in [-0.39, 0.29) is 35.1 Å². The summed E-state index contributed by atoms with van der Waals surface area (Å²) in [5.41, 5.74) is -6.35. The van der Waals surface area contributed by atoms with Crippen molar-refractivity contribution in [1.29, 1.82) is 0 Å². The molecule has 3 aromatic rings. The molecule has 3 aromatic carbocycles. The van der Waals surface area contributed by atoms with Crippen molar-refractivity contribution in [3.05, 3.63) is 119 Å². The second-order valence-corrected chi connectivity index (χ2v) is 17.2. The summed E-state index contributed by atoms with van der Waals surface area (Å²) >= 11 is 0. The van der Waals surface area contributed by atoms with Crippen LogP contribution < -0.4 is 5.32 Å². The standard InChI is InChI=1S/C46H51NO12/c1-25-31(57-42(55)36(51)34(27-15-9-6-10-16-27)47-40(53)28-17-11-7-12-18-28)24-46(56)39(58-41(54)29-19-13-8-14-20-29)37-44(5,38(52)35(50)33(25)43(46,3)4)32(49)23-30-21-22-45(30,37)59-26(2)48/h6-20,30-32,34-37,39,49-51,56H,21-24H2,1-5H3,(H,47,53)/t30-,31+,32+,34+,35-,36-,37+,39+,44-,45+,46-/m1/s1. The van der Waals surface area contributed by atoms with Crippen molar-refractivity contribution in [2.24, 2.45) is 22.7 Å². The van der Waals surface area contributed by atoms with Crippen molar-refractivity contribution in [3.63, 3.8) is 0 Å². The predicted molar refractivity (Wildman–Crippen MR) is 211 cm³/mol. The van der Waals surface area contributed by atoms with Crippen molar-refractivity contribution in [2.75, 3.05) is 0 Å². The lowest BCUT2D eigenvalue weighted by Crippen LogP contribution is -2.78. The number of esters is 3. The molecule has 0 aliphatic heterocycles. The average molecular weight is 810 g/mol. The van der Waals surface area contributed by atoms with Gasteiger partial charge < -0.3 is 40.0 Å². The molecule has 312 valence electrons. The van der Waals surface area contributed by atoms with Crippen LogP contribution in [-0.2, 0) is 28.6 Å². The summed E-state index contributed by atoms with van der Waals surface area (Å²) in [7, 11) is 0. The maximum Gasteiger partial charge on any atom is 0.338 e. The van der Waals surface area contributed by atoms with Gasteiger partial charge in [-0.3, -0.25) is 14.4 Å². The van der Waals surface area contributed by atoms with Gasteiger partial charge in [-0.1, -0.05) is 80.6 Å². The van der Waals surface area contributed by atoms with Gasteiger partial charge >= 0.3 is 17.9 Å². The SMILES string of the molecule is CC(=O)O[C@@]12CC[C@@H]1C[C@H](O)[C@@]1(C)C(=O)[C@H](O)C3=C(C)[C@@H](OC(=O)[C@H](O)[C@@H](NC(=O)c4ccccc4)c4ccccc4)C[C@@](O)([C@@H](OC(=O)c4ccccc4)[C@H]21)C3(C)C. The lowest BCUT2D eigenvalue weighted by molar-refractivity contribution is -0.296. The molecule has 3 fully saturated rings. The Labute approximate surface area is 342 Å². The smallest absolute Gasteiger partial charge is 0.338 e. The molecule has 1 amide bonds. The number of amides is 1. The average Bonchev–Trinajstić information content (AvgIpc) is 3.21. The topological polar surface area (TPSA) is 206 Å². The molecule has 59 heavy (non-hydrogen) atoms. The highest BCUT2D eigenvalue weighted by Gasteiger charge is 2.77. The lowest BCUT2D eigenvalue weighted by atomic mass is 9.41. The molecule has 4 aliphatic carbocycles. The number of nitrogens with one attached hydrogen (secondary N) is 1. The van der Waals surface area contributed by atoms with E-state index in [9.17, 15) is 39.6 Å². The van der Waals surface area contributed by atoms with Crippen LogP contribution in [0.15, 0.2) is 102 Å². The Hall–Kier alpha value is -5.21. The van der Waals surface area contributed by atoms with E-state index in [1.165, 1.54) is 32.9 Å². The summed E-state index contributed by atoms with van der Waals surface area (Å²) in [5, 5.41) is 52.1. The second-order valence-electron chi connectivity index (χ2n) is 17.2. The molecule has 13 nitrogen and oxygen atoms in total. The Balaban J connectivity index is 1.34. The van der Waals surface area contributed by atoms with E-state index in [2.05, 4.69) is 5.32 Å². The first-order valence-corrected chi connectivity index (χ1v) is 20.0. The van der Waals surface area contributed by atoms with E-state index in [1.54, 1.807) is 92.7 Å². The summed E-state index contributed by atoms with van der Waals surface area (Å²) in [6.45, 7) is 7.37. The van der Waals surface area contributed by atoms with Crippen LogP contribution in [0.25, 0.3) is 0 Å². The van der Waals surface area contributed by atoms with E-state index in [0.717, 1.165) is 0 Å². The van der Waals surface area contributed by atoms with Gasteiger partial charge in [-0.15, -0.1) is 0 Å². The van der Waals surface area contributed by atoms with E-state index in [1.807, 2.05) is 0 Å². The summed E-state index contributed by atoms with van der Waals surface area (Å²) in [6.07, 6.45) is -8.22. The number of fused-ring (bicyclic) bond motifs is 5. The third-order valence-corrected chi connectivity index (χ3v) is 13.8. The van der Waals surface area contributed by atoms with Gasteiger partial charge in [0.25, 0.3) is 5.91 Å². The summed E-state index contributed by atoms with van der Waals surface area (Å²) < 4.78 is 18.6. The fourth-order valence-electron chi connectivity index (χ4n) is 10.5. The van der Waals surface area contributed by atoms with Crippen LogP contribution in [0.3, 0.4) is 0 Å². The van der Waals surface area contributed by atoms with E-state index in [0.29, 0.717) is 12.0 Å². The lowest BCUT2D eigenvalue weighted by Gasteiger charge is -2.68. The monoisotopic (exact) mass is 809 g/mol. The van der Waals surface area contributed by atoms with E-state index >= 15 is 4.79 Å². The number of Topliss-reactive ketones (excluding diaryl/α,β-unsaturated/α-hetero) is 1. The maximum absolute atomic E-state index is 15.0. The number of benzene rings is 3. The number of carbonyl (C=O) groups is 5. The molecule has 7 rings (SSSR count). The van der Waals surface area contributed by atoms with Crippen LogP contribution in [0.5, 0.6) is 0 Å². The van der Waals surface area contributed by atoms with Gasteiger partial charge in [0.05, 0.1) is 29.0 Å². The van der Waals surface area contributed by atoms with Crippen LogP contribution in [0.4, 0.5) is 0 Å². The molecular weight excluding hydrogens is 759 g/mol. The molecule has 0 saturated heterocycles. The number of aliphatic hydroxyl groups is 4. The zero-order valence-electron chi connectivity index (χ0n) is 33.7. The third kappa shape index (κ3) is 6.77. The Bertz CT molecular complexity index is 2160. The minimum atomic E-state index is -2.29. The zero-order chi connectivity index (χ0) is 42.7. The Morgan fingerprint density at radius 3 is 1.98 bits per heavy atom. The zero-order valence-corrected chi connectivity index (χ0v) is 33.7. The van der Waals surface area contributed by atoms with Crippen molar-refractivity contribution in [2.45, 2.75) is 108 Å². The molecule has 4 aliphatic rings. The highest BCUT2D eigenvalue weighted by atomic mass is 16.6. The fourth-order valence-corrected chi connectivity index (χ4v) is 10.5. The molecule has 0 aromatic heterocycles. The largest absolute Gasteiger partial charge is 0.458 e. The second kappa shape index (κ2) is 15.4. The minimum absolute atomic E-state index is 0.0227. The molecule has 0 spiro atoms. The number of carbonyl (C=O) groups excluding carboxylic acids is 5. The highest BCUT2D eigenvalue weighted by Crippen LogP contribution is 2.67. The maximum atomic E-state index is 15.0. The molecule has 13 heteroatoms. The molecule has 0 radical (unpaired) electrons. The predicted octanol–water partition coefficient (Wildman–Crippen LogP) is 4.18. The van der Waals surface area contributed by atoms with Gasteiger partial charge in [-0.25, -0.2) is 9.59 Å². The summed E-state index contributed by atoms with van der Waals surface area (Å²) in [4.78, 5) is 69.6. The number of hydrogen-bond acceptors (Lipinski definition) is 12. The molecule has 5 N–H and O–H groups in total.